The van der Waals surface area contributed by atoms with Gasteiger partial charge in [0.25, 0.3) is 5.91 Å². The number of carbonyl (C=O) groups excluding carboxylic acids is 1. The largest absolute Gasteiger partial charge is 0.383 e. The zero-order valence-electron chi connectivity index (χ0n) is 14.5. The lowest BCUT2D eigenvalue weighted by Crippen LogP contribution is -2.28. The molecule has 25 heavy (non-hydrogen) atoms. The molecule has 0 radical (unpaired) electrons. The predicted octanol–water partition coefficient (Wildman–Crippen LogP) is 3.49. The van der Waals surface area contributed by atoms with E-state index in [2.05, 4.69) is 21.6 Å². The standard InChI is InChI=1S/C19H24ClN3O2/c1-25-10-9-21-19(24)18-16-8-3-2-6-14(17(16)22-23-18)11-13-5-4-7-15(20)12-13/h4-5,7,12,14H,2-3,6,8-11H2,1H3,(H,21,24)(H,22,23)/t14-/m0/s1. The van der Waals surface area contributed by atoms with Crippen molar-refractivity contribution in [2.45, 2.75) is 38.0 Å². The zero-order valence-corrected chi connectivity index (χ0v) is 15.2. The van der Waals surface area contributed by atoms with Gasteiger partial charge >= 0.3 is 0 Å². The molecular weight excluding hydrogens is 338 g/mol. The van der Waals surface area contributed by atoms with Crippen LogP contribution in [0.2, 0.25) is 5.02 Å². The maximum Gasteiger partial charge on any atom is 0.272 e. The van der Waals surface area contributed by atoms with E-state index >= 15 is 0 Å². The molecule has 1 heterocycles. The number of aromatic amines is 1. The van der Waals surface area contributed by atoms with E-state index in [9.17, 15) is 4.79 Å². The summed E-state index contributed by atoms with van der Waals surface area (Å²) in [4.78, 5) is 12.4. The van der Waals surface area contributed by atoms with Gasteiger partial charge in [0, 0.05) is 35.9 Å². The molecule has 6 heteroatoms. The van der Waals surface area contributed by atoms with E-state index in [1.807, 2.05) is 18.2 Å². The molecule has 1 aromatic heterocycles. The van der Waals surface area contributed by atoms with Gasteiger partial charge in [-0.1, -0.05) is 30.2 Å². The smallest absolute Gasteiger partial charge is 0.272 e. The Balaban J connectivity index is 1.79. The van der Waals surface area contributed by atoms with E-state index in [0.29, 0.717) is 24.8 Å². The van der Waals surface area contributed by atoms with Crippen molar-refractivity contribution in [3.8, 4) is 0 Å². The van der Waals surface area contributed by atoms with Gasteiger partial charge < -0.3 is 10.1 Å². The van der Waals surface area contributed by atoms with Crippen molar-refractivity contribution in [1.29, 1.82) is 0 Å². The number of rotatable bonds is 6. The van der Waals surface area contributed by atoms with Crippen molar-refractivity contribution in [1.82, 2.24) is 15.5 Å². The van der Waals surface area contributed by atoms with Crippen LogP contribution in [-0.2, 0) is 17.6 Å². The number of aromatic nitrogens is 2. The van der Waals surface area contributed by atoms with E-state index in [1.165, 1.54) is 5.56 Å². The molecular formula is C19H24ClN3O2. The van der Waals surface area contributed by atoms with Crippen molar-refractivity contribution in [2.75, 3.05) is 20.3 Å². The average Bonchev–Trinajstić information content (AvgIpc) is 2.92. The Morgan fingerprint density at radius 2 is 2.32 bits per heavy atom. The van der Waals surface area contributed by atoms with Gasteiger partial charge in [0.1, 0.15) is 0 Å². The normalized spacial score (nSPS) is 17.0. The van der Waals surface area contributed by atoms with Crippen LogP contribution < -0.4 is 5.32 Å². The van der Waals surface area contributed by atoms with Crippen molar-refractivity contribution in [3.63, 3.8) is 0 Å². The minimum absolute atomic E-state index is 0.127. The van der Waals surface area contributed by atoms with Gasteiger partial charge in [-0.15, -0.1) is 0 Å². The lowest BCUT2D eigenvalue weighted by molar-refractivity contribution is 0.0931. The van der Waals surface area contributed by atoms with Crippen LogP contribution in [-0.4, -0.2) is 36.4 Å². The summed E-state index contributed by atoms with van der Waals surface area (Å²) in [6.45, 7) is 0.985. The third kappa shape index (κ3) is 4.41. The molecule has 2 aromatic rings. The Labute approximate surface area is 153 Å². The molecule has 0 aliphatic heterocycles. The van der Waals surface area contributed by atoms with Gasteiger partial charge in [-0.05, 0) is 43.4 Å². The number of nitrogens with zero attached hydrogens (tertiary/aromatic N) is 1. The molecule has 0 bridgehead atoms. The Hall–Kier alpha value is -1.85. The number of fused-ring (bicyclic) bond motifs is 1. The van der Waals surface area contributed by atoms with Crippen molar-refractivity contribution < 1.29 is 9.53 Å². The molecule has 134 valence electrons. The Morgan fingerprint density at radius 1 is 1.44 bits per heavy atom. The van der Waals surface area contributed by atoms with Gasteiger partial charge in [0.2, 0.25) is 0 Å². The van der Waals surface area contributed by atoms with Crippen LogP contribution >= 0.6 is 11.6 Å². The van der Waals surface area contributed by atoms with Crippen LogP contribution in [0.4, 0.5) is 0 Å². The minimum Gasteiger partial charge on any atom is -0.383 e. The SMILES string of the molecule is COCCNC(=O)c1n[nH]c2c1CCCC[C@H]2Cc1cccc(Cl)c1. The summed E-state index contributed by atoms with van der Waals surface area (Å²) >= 11 is 6.12. The fraction of sp³-hybridized carbons (Fsp3) is 0.474. The number of benzene rings is 1. The Bertz CT molecular complexity index is 729. The number of hydrogen-bond donors (Lipinski definition) is 2. The number of ether oxygens (including phenoxy) is 1. The van der Waals surface area contributed by atoms with Gasteiger partial charge in [-0.3, -0.25) is 9.89 Å². The van der Waals surface area contributed by atoms with Crippen LogP contribution in [0.1, 0.15) is 52.5 Å². The first kappa shape index (κ1) is 18.0. The average molecular weight is 362 g/mol. The number of carbonyl (C=O) groups is 1. The summed E-state index contributed by atoms with van der Waals surface area (Å²) in [5, 5.41) is 11.1. The molecule has 1 aliphatic rings. The van der Waals surface area contributed by atoms with E-state index in [4.69, 9.17) is 16.3 Å². The molecule has 0 saturated heterocycles. The first-order chi connectivity index (χ1) is 12.2. The number of methoxy groups -OCH3 is 1. The summed E-state index contributed by atoms with van der Waals surface area (Å²) in [7, 11) is 1.62. The molecule has 1 aromatic carbocycles. The number of hydrogen-bond acceptors (Lipinski definition) is 3. The molecule has 1 amide bonds. The van der Waals surface area contributed by atoms with E-state index < -0.39 is 0 Å². The second kappa shape index (κ2) is 8.50. The quantitative estimate of drug-likeness (QED) is 0.611. The highest BCUT2D eigenvalue weighted by Gasteiger charge is 2.26. The second-order valence-corrected chi connectivity index (χ2v) is 6.93. The fourth-order valence-corrected chi connectivity index (χ4v) is 3.71. The minimum atomic E-state index is -0.127. The topological polar surface area (TPSA) is 67.0 Å². The van der Waals surface area contributed by atoms with Gasteiger partial charge in [-0.25, -0.2) is 0 Å². The molecule has 0 fully saturated rings. The van der Waals surface area contributed by atoms with E-state index in [1.54, 1.807) is 7.11 Å². The van der Waals surface area contributed by atoms with Crippen LogP contribution in [0.25, 0.3) is 0 Å². The van der Waals surface area contributed by atoms with Crippen molar-refractivity contribution in [2.24, 2.45) is 0 Å². The number of H-pyrrole nitrogens is 1. The van der Waals surface area contributed by atoms with Crippen LogP contribution in [0, 0.1) is 0 Å². The summed E-state index contributed by atoms with van der Waals surface area (Å²) < 4.78 is 4.98. The second-order valence-electron chi connectivity index (χ2n) is 6.49. The summed E-state index contributed by atoms with van der Waals surface area (Å²) in [5.74, 6) is 0.210. The first-order valence-corrected chi connectivity index (χ1v) is 9.15. The highest BCUT2D eigenvalue weighted by molar-refractivity contribution is 6.30. The number of amides is 1. The zero-order chi connectivity index (χ0) is 17.6. The molecule has 2 N–H and O–H groups in total. The molecule has 3 rings (SSSR count). The predicted molar refractivity (Wildman–Crippen MR) is 98.2 cm³/mol. The Morgan fingerprint density at radius 3 is 3.12 bits per heavy atom. The highest BCUT2D eigenvalue weighted by Crippen LogP contribution is 2.33. The molecule has 1 aliphatic carbocycles. The molecule has 0 saturated carbocycles. The van der Waals surface area contributed by atoms with Crippen LogP contribution in [0.15, 0.2) is 24.3 Å². The van der Waals surface area contributed by atoms with Crippen molar-refractivity contribution in [3.05, 3.63) is 51.8 Å². The lowest BCUT2D eigenvalue weighted by atomic mass is 9.91. The molecule has 0 unspecified atom stereocenters. The monoisotopic (exact) mass is 361 g/mol. The van der Waals surface area contributed by atoms with Crippen LogP contribution in [0.3, 0.4) is 0 Å². The summed E-state index contributed by atoms with van der Waals surface area (Å²) in [5.41, 5.74) is 3.92. The molecule has 5 nitrogen and oxygen atoms in total. The van der Waals surface area contributed by atoms with Crippen LogP contribution in [0.5, 0.6) is 0 Å². The maximum atomic E-state index is 12.4. The highest BCUT2D eigenvalue weighted by atomic mass is 35.5. The number of halogens is 1. The summed E-state index contributed by atoms with van der Waals surface area (Å²) in [6.07, 6.45) is 5.12. The van der Waals surface area contributed by atoms with E-state index in [0.717, 1.165) is 48.4 Å². The maximum absolute atomic E-state index is 12.4. The fourth-order valence-electron chi connectivity index (χ4n) is 3.50. The summed E-state index contributed by atoms with van der Waals surface area (Å²) in [6, 6.07) is 7.99. The van der Waals surface area contributed by atoms with Gasteiger partial charge in [-0.2, -0.15) is 5.10 Å². The Kier molecular flexibility index (Phi) is 6.10. The third-order valence-corrected chi connectivity index (χ3v) is 4.95. The van der Waals surface area contributed by atoms with Gasteiger partial charge in [0.05, 0.1) is 6.61 Å². The van der Waals surface area contributed by atoms with Crippen molar-refractivity contribution >= 4 is 17.5 Å². The molecule has 1 atom stereocenters. The van der Waals surface area contributed by atoms with E-state index in [-0.39, 0.29) is 5.91 Å². The molecule has 0 spiro atoms. The number of nitrogens with one attached hydrogen (secondary N) is 2. The van der Waals surface area contributed by atoms with Gasteiger partial charge in [0.15, 0.2) is 5.69 Å². The lowest BCUT2D eigenvalue weighted by Gasteiger charge is -2.15. The third-order valence-electron chi connectivity index (χ3n) is 4.71. The first-order valence-electron chi connectivity index (χ1n) is 8.77.